The van der Waals surface area contributed by atoms with E-state index in [4.69, 9.17) is 0 Å². The number of unbranched alkanes of at least 4 members (excludes halogenated alkanes) is 2. The average Bonchev–Trinajstić information content (AvgIpc) is 2.29. The van der Waals surface area contributed by atoms with Crippen molar-refractivity contribution in [3.05, 3.63) is 0 Å². The Bertz CT molecular complexity index is 188. The molecule has 0 saturated carbocycles. The van der Waals surface area contributed by atoms with Gasteiger partial charge in [-0.05, 0) is 25.7 Å². The number of hydrogen-bond donors (Lipinski definition) is 0. The maximum atomic E-state index is 11.9. The summed E-state index contributed by atoms with van der Waals surface area (Å²) >= 11 is 0. The number of urea groups is 1. The summed E-state index contributed by atoms with van der Waals surface area (Å²) in [4.78, 5) is 15.8. The number of carbonyl (C=O) groups excluding carboxylic acids is 1. The first-order valence-corrected chi connectivity index (χ1v) is 6.25. The van der Waals surface area contributed by atoms with Crippen LogP contribution < -0.4 is 0 Å². The molecule has 0 aromatic carbocycles. The molecular formula is C12H24N2O. The molecule has 0 bridgehead atoms. The molecule has 3 heteroatoms. The maximum absolute atomic E-state index is 11.9. The highest BCUT2D eigenvalue weighted by Crippen LogP contribution is 2.11. The van der Waals surface area contributed by atoms with Crippen LogP contribution >= 0.6 is 0 Å². The van der Waals surface area contributed by atoms with Crippen LogP contribution in [0.15, 0.2) is 0 Å². The molecule has 0 N–H and O–H groups in total. The SMILES string of the molecule is CCCCCN(C)C(=O)N1CCCCC1. The van der Waals surface area contributed by atoms with E-state index in [-0.39, 0.29) is 6.03 Å². The molecule has 0 radical (unpaired) electrons. The zero-order valence-corrected chi connectivity index (χ0v) is 10.2. The number of rotatable bonds is 4. The second-order valence-corrected chi connectivity index (χ2v) is 4.46. The Morgan fingerprint density at radius 2 is 1.87 bits per heavy atom. The van der Waals surface area contributed by atoms with E-state index in [1.165, 1.54) is 32.1 Å². The van der Waals surface area contributed by atoms with E-state index >= 15 is 0 Å². The number of amides is 2. The van der Waals surface area contributed by atoms with Gasteiger partial charge in [-0.2, -0.15) is 0 Å². The Hall–Kier alpha value is -0.730. The van der Waals surface area contributed by atoms with E-state index in [1.807, 2.05) is 16.8 Å². The molecule has 88 valence electrons. The molecule has 1 fully saturated rings. The third-order valence-corrected chi connectivity index (χ3v) is 3.05. The monoisotopic (exact) mass is 212 g/mol. The molecule has 0 aliphatic carbocycles. The Morgan fingerprint density at radius 3 is 2.47 bits per heavy atom. The summed E-state index contributed by atoms with van der Waals surface area (Å²) in [5, 5.41) is 0. The van der Waals surface area contributed by atoms with Crippen LogP contribution in [0.5, 0.6) is 0 Å². The summed E-state index contributed by atoms with van der Waals surface area (Å²) in [6.07, 6.45) is 7.20. The van der Waals surface area contributed by atoms with Gasteiger partial charge in [-0.1, -0.05) is 19.8 Å². The molecule has 1 heterocycles. The van der Waals surface area contributed by atoms with E-state index in [0.717, 1.165) is 26.1 Å². The van der Waals surface area contributed by atoms with Gasteiger partial charge >= 0.3 is 6.03 Å². The zero-order valence-electron chi connectivity index (χ0n) is 10.2. The van der Waals surface area contributed by atoms with E-state index < -0.39 is 0 Å². The lowest BCUT2D eigenvalue weighted by Gasteiger charge is -2.31. The van der Waals surface area contributed by atoms with Crippen molar-refractivity contribution in [1.29, 1.82) is 0 Å². The molecule has 0 atom stereocenters. The second-order valence-electron chi connectivity index (χ2n) is 4.46. The molecule has 1 rings (SSSR count). The Labute approximate surface area is 93.4 Å². The van der Waals surface area contributed by atoms with Gasteiger partial charge in [-0.25, -0.2) is 4.79 Å². The topological polar surface area (TPSA) is 23.6 Å². The largest absolute Gasteiger partial charge is 0.328 e. The first-order valence-electron chi connectivity index (χ1n) is 6.25. The number of carbonyl (C=O) groups is 1. The summed E-state index contributed by atoms with van der Waals surface area (Å²) in [6.45, 7) is 5.00. The lowest BCUT2D eigenvalue weighted by atomic mass is 10.1. The van der Waals surface area contributed by atoms with Crippen LogP contribution in [0.2, 0.25) is 0 Å². The molecule has 1 aliphatic rings. The second kappa shape index (κ2) is 6.70. The fraction of sp³-hybridized carbons (Fsp3) is 0.917. The Morgan fingerprint density at radius 1 is 1.20 bits per heavy atom. The fourth-order valence-corrected chi connectivity index (χ4v) is 2.02. The molecule has 0 spiro atoms. The summed E-state index contributed by atoms with van der Waals surface area (Å²) in [7, 11) is 1.92. The van der Waals surface area contributed by atoms with E-state index in [2.05, 4.69) is 6.92 Å². The first-order chi connectivity index (χ1) is 7.25. The van der Waals surface area contributed by atoms with Gasteiger partial charge < -0.3 is 9.80 Å². The predicted octanol–water partition coefficient (Wildman–Crippen LogP) is 2.71. The van der Waals surface area contributed by atoms with Crippen LogP contribution in [0, 0.1) is 0 Å². The molecule has 1 saturated heterocycles. The molecule has 0 aromatic rings. The van der Waals surface area contributed by atoms with Crippen molar-refractivity contribution >= 4 is 6.03 Å². The lowest BCUT2D eigenvalue weighted by molar-refractivity contribution is 0.152. The number of nitrogens with zero attached hydrogens (tertiary/aromatic N) is 2. The van der Waals surface area contributed by atoms with Crippen molar-refractivity contribution in [2.24, 2.45) is 0 Å². The van der Waals surface area contributed by atoms with E-state index in [9.17, 15) is 4.79 Å². The van der Waals surface area contributed by atoms with Gasteiger partial charge in [0.25, 0.3) is 0 Å². The lowest BCUT2D eigenvalue weighted by Crippen LogP contribution is -2.44. The van der Waals surface area contributed by atoms with Crippen LogP contribution in [0.1, 0.15) is 45.4 Å². The van der Waals surface area contributed by atoms with Gasteiger partial charge in [-0.15, -0.1) is 0 Å². The van der Waals surface area contributed by atoms with E-state index in [1.54, 1.807) is 0 Å². The van der Waals surface area contributed by atoms with Crippen LogP contribution in [-0.4, -0.2) is 42.5 Å². The quantitative estimate of drug-likeness (QED) is 0.657. The molecule has 3 nitrogen and oxygen atoms in total. The highest BCUT2D eigenvalue weighted by molar-refractivity contribution is 5.74. The maximum Gasteiger partial charge on any atom is 0.319 e. The summed E-state index contributed by atoms with van der Waals surface area (Å²) in [5.41, 5.74) is 0. The summed E-state index contributed by atoms with van der Waals surface area (Å²) in [6, 6.07) is 0.228. The molecule has 1 aliphatic heterocycles. The smallest absolute Gasteiger partial charge is 0.319 e. The standard InChI is InChI=1S/C12H24N2O/c1-3-4-6-9-13(2)12(15)14-10-7-5-8-11-14/h3-11H2,1-2H3. The van der Waals surface area contributed by atoms with Crippen molar-refractivity contribution in [2.45, 2.75) is 45.4 Å². The number of piperidine rings is 1. The van der Waals surface area contributed by atoms with E-state index in [0.29, 0.717) is 0 Å². The number of likely N-dealkylation sites (tertiary alicyclic amines) is 1. The van der Waals surface area contributed by atoms with Gasteiger partial charge in [-0.3, -0.25) is 0 Å². The third kappa shape index (κ3) is 4.10. The van der Waals surface area contributed by atoms with Crippen molar-refractivity contribution in [1.82, 2.24) is 9.80 Å². The first kappa shape index (κ1) is 12.3. The summed E-state index contributed by atoms with van der Waals surface area (Å²) < 4.78 is 0. The average molecular weight is 212 g/mol. The van der Waals surface area contributed by atoms with Crippen molar-refractivity contribution in [2.75, 3.05) is 26.7 Å². The van der Waals surface area contributed by atoms with Crippen LogP contribution in [0.3, 0.4) is 0 Å². The molecule has 2 amide bonds. The minimum absolute atomic E-state index is 0.228. The predicted molar refractivity (Wildman–Crippen MR) is 63.0 cm³/mol. The van der Waals surface area contributed by atoms with Crippen LogP contribution in [0.25, 0.3) is 0 Å². The van der Waals surface area contributed by atoms with Crippen molar-refractivity contribution in [3.8, 4) is 0 Å². The van der Waals surface area contributed by atoms with Gasteiger partial charge in [0.1, 0.15) is 0 Å². The van der Waals surface area contributed by atoms with Gasteiger partial charge in [0.05, 0.1) is 0 Å². The fourth-order valence-electron chi connectivity index (χ4n) is 2.02. The Kier molecular flexibility index (Phi) is 5.51. The van der Waals surface area contributed by atoms with Gasteiger partial charge in [0.2, 0.25) is 0 Å². The Balaban J connectivity index is 2.24. The molecular weight excluding hydrogens is 188 g/mol. The normalized spacial score (nSPS) is 16.5. The van der Waals surface area contributed by atoms with Crippen molar-refractivity contribution in [3.63, 3.8) is 0 Å². The molecule has 0 unspecified atom stereocenters. The van der Waals surface area contributed by atoms with Gasteiger partial charge in [0.15, 0.2) is 0 Å². The van der Waals surface area contributed by atoms with Crippen molar-refractivity contribution < 1.29 is 4.79 Å². The minimum atomic E-state index is 0.228. The van der Waals surface area contributed by atoms with Crippen LogP contribution in [0.4, 0.5) is 4.79 Å². The molecule has 0 aromatic heterocycles. The highest BCUT2D eigenvalue weighted by Gasteiger charge is 2.19. The highest BCUT2D eigenvalue weighted by atomic mass is 16.2. The molecule has 15 heavy (non-hydrogen) atoms. The zero-order chi connectivity index (χ0) is 11.1. The third-order valence-electron chi connectivity index (χ3n) is 3.05. The summed E-state index contributed by atoms with van der Waals surface area (Å²) in [5.74, 6) is 0. The number of hydrogen-bond acceptors (Lipinski definition) is 1. The van der Waals surface area contributed by atoms with Crippen LogP contribution in [-0.2, 0) is 0 Å². The van der Waals surface area contributed by atoms with Gasteiger partial charge in [0, 0.05) is 26.7 Å². The minimum Gasteiger partial charge on any atom is -0.328 e.